The van der Waals surface area contributed by atoms with Gasteiger partial charge in [-0.3, -0.25) is 9.59 Å². The van der Waals surface area contributed by atoms with E-state index >= 15 is 0 Å². The number of rotatable bonds is 8. The van der Waals surface area contributed by atoms with Crippen LogP contribution in [0.1, 0.15) is 33.1 Å². The molecule has 2 atom stereocenters. The first kappa shape index (κ1) is 20.6. The van der Waals surface area contributed by atoms with E-state index in [-0.39, 0.29) is 22.5 Å². The summed E-state index contributed by atoms with van der Waals surface area (Å²) in [4.78, 5) is 23.8. The molecule has 1 aliphatic carbocycles. The fourth-order valence-electron chi connectivity index (χ4n) is 3.22. The van der Waals surface area contributed by atoms with E-state index in [0.29, 0.717) is 31.3 Å². The van der Waals surface area contributed by atoms with Gasteiger partial charge in [0, 0.05) is 18.8 Å². The molecule has 0 bridgehead atoms. The van der Waals surface area contributed by atoms with Crippen LogP contribution < -0.4 is 10.1 Å². The monoisotopic (exact) mass is 410 g/mol. The molecule has 8 nitrogen and oxygen atoms in total. The van der Waals surface area contributed by atoms with Crippen LogP contribution in [0.15, 0.2) is 23.1 Å². The number of esters is 1. The summed E-state index contributed by atoms with van der Waals surface area (Å²) in [5, 5.41) is 2.59. The summed E-state index contributed by atoms with van der Waals surface area (Å²) in [5.41, 5.74) is 0.307. The van der Waals surface area contributed by atoms with Crippen molar-refractivity contribution in [1.29, 1.82) is 0 Å². The Morgan fingerprint density at radius 1 is 1.25 bits per heavy atom. The van der Waals surface area contributed by atoms with E-state index in [1.54, 1.807) is 13.0 Å². The molecule has 0 aromatic heterocycles. The summed E-state index contributed by atoms with van der Waals surface area (Å²) in [5.74, 6) is -0.445. The van der Waals surface area contributed by atoms with E-state index in [2.05, 4.69) is 5.32 Å². The summed E-state index contributed by atoms with van der Waals surface area (Å²) in [6.45, 7) is 4.60. The van der Waals surface area contributed by atoms with Gasteiger partial charge in [-0.05, 0) is 50.3 Å². The van der Waals surface area contributed by atoms with Crippen LogP contribution in [-0.4, -0.2) is 50.9 Å². The first-order valence-corrected chi connectivity index (χ1v) is 11.0. The number of hydrogen-bond donors (Lipinski definition) is 1. The number of amides is 1. The number of benzene rings is 1. The molecule has 1 aliphatic heterocycles. The zero-order valence-electron chi connectivity index (χ0n) is 16.1. The smallest absolute Gasteiger partial charge is 0.309 e. The largest absolute Gasteiger partial charge is 0.492 e. The Morgan fingerprint density at radius 3 is 2.54 bits per heavy atom. The standard InChI is InChI=1S/C19H26N2O6S/c1-3-26-16-7-6-14(11-17(16)28(24,25)21-8-4-5-9-21)20-18(22)12-27-19(23)15-10-13(15)2/h6-7,11,13,15H,3-5,8-10,12H2,1-2H3,(H,20,22)/t13-,15+/m1/s1. The minimum atomic E-state index is -3.71. The van der Waals surface area contributed by atoms with Crippen LogP contribution in [-0.2, 0) is 24.3 Å². The SMILES string of the molecule is CCOc1ccc(NC(=O)COC(=O)[C@H]2C[C@H]2C)cc1S(=O)(=O)N1CCCC1. The average molecular weight is 410 g/mol. The van der Waals surface area contributed by atoms with Crippen LogP contribution in [0, 0.1) is 11.8 Å². The molecule has 1 heterocycles. The van der Waals surface area contributed by atoms with Gasteiger partial charge in [0.1, 0.15) is 10.6 Å². The van der Waals surface area contributed by atoms with Crippen LogP contribution in [0.2, 0.25) is 0 Å². The Morgan fingerprint density at radius 2 is 1.93 bits per heavy atom. The maximum Gasteiger partial charge on any atom is 0.309 e. The Hall–Kier alpha value is -2.13. The molecule has 0 unspecified atom stereocenters. The molecular weight excluding hydrogens is 384 g/mol. The van der Waals surface area contributed by atoms with Crippen molar-refractivity contribution in [2.45, 2.75) is 38.0 Å². The van der Waals surface area contributed by atoms with E-state index in [9.17, 15) is 18.0 Å². The minimum Gasteiger partial charge on any atom is -0.492 e. The highest BCUT2D eigenvalue weighted by Gasteiger charge is 2.40. The molecule has 1 saturated carbocycles. The second-order valence-electron chi connectivity index (χ2n) is 7.18. The van der Waals surface area contributed by atoms with Crippen LogP contribution in [0.5, 0.6) is 5.75 Å². The number of carbonyl (C=O) groups excluding carboxylic acids is 2. The van der Waals surface area contributed by atoms with E-state index < -0.39 is 22.5 Å². The second-order valence-corrected chi connectivity index (χ2v) is 9.09. The van der Waals surface area contributed by atoms with Gasteiger partial charge in [0.05, 0.1) is 12.5 Å². The molecule has 9 heteroatoms. The van der Waals surface area contributed by atoms with Gasteiger partial charge in [-0.2, -0.15) is 4.31 Å². The average Bonchev–Trinajstić information content (AvgIpc) is 3.15. The zero-order valence-corrected chi connectivity index (χ0v) is 17.0. The van der Waals surface area contributed by atoms with Crippen LogP contribution >= 0.6 is 0 Å². The van der Waals surface area contributed by atoms with E-state index in [0.717, 1.165) is 19.3 Å². The lowest BCUT2D eigenvalue weighted by molar-refractivity contribution is -0.148. The number of ether oxygens (including phenoxy) is 2. The fourth-order valence-corrected chi connectivity index (χ4v) is 4.90. The topological polar surface area (TPSA) is 102 Å². The number of sulfonamides is 1. The van der Waals surface area contributed by atoms with Gasteiger partial charge in [0.15, 0.2) is 6.61 Å². The fraction of sp³-hybridized carbons (Fsp3) is 0.579. The van der Waals surface area contributed by atoms with Gasteiger partial charge in [-0.1, -0.05) is 6.92 Å². The first-order valence-electron chi connectivity index (χ1n) is 9.56. The molecule has 1 aromatic carbocycles. The number of anilines is 1. The highest BCUT2D eigenvalue weighted by atomic mass is 32.2. The Kier molecular flexibility index (Phi) is 6.24. The van der Waals surface area contributed by atoms with Gasteiger partial charge in [-0.25, -0.2) is 8.42 Å². The van der Waals surface area contributed by atoms with Gasteiger partial charge in [-0.15, -0.1) is 0 Å². The van der Waals surface area contributed by atoms with Crippen molar-refractivity contribution in [3.8, 4) is 5.75 Å². The molecule has 3 rings (SSSR count). The van der Waals surface area contributed by atoms with Crippen molar-refractivity contribution in [2.24, 2.45) is 11.8 Å². The van der Waals surface area contributed by atoms with Crippen molar-refractivity contribution in [3.05, 3.63) is 18.2 Å². The van der Waals surface area contributed by atoms with Crippen LogP contribution in [0.4, 0.5) is 5.69 Å². The van der Waals surface area contributed by atoms with E-state index in [1.807, 2.05) is 6.92 Å². The number of nitrogens with one attached hydrogen (secondary N) is 1. The van der Waals surface area contributed by atoms with Gasteiger partial charge < -0.3 is 14.8 Å². The lowest BCUT2D eigenvalue weighted by Gasteiger charge is -2.19. The van der Waals surface area contributed by atoms with Gasteiger partial charge in [0.2, 0.25) is 10.0 Å². The summed E-state index contributed by atoms with van der Waals surface area (Å²) < 4.78 is 37.8. The lowest BCUT2D eigenvalue weighted by Crippen LogP contribution is -2.28. The Balaban J connectivity index is 1.71. The van der Waals surface area contributed by atoms with Crippen molar-refractivity contribution in [3.63, 3.8) is 0 Å². The molecule has 1 N–H and O–H groups in total. The number of nitrogens with zero attached hydrogens (tertiary/aromatic N) is 1. The molecule has 0 spiro atoms. The zero-order chi connectivity index (χ0) is 20.3. The van der Waals surface area contributed by atoms with Crippen molar-refractivity contribution in [2.75, 3.05) is 31.6 Å². The van der Waals surface area contributed by atoms with E-state index in [4.69, 9.17) is 9.47 Å². The molecule has 1 amide bonds. The van der Waals surface area contributed by atoms with Crippen molar-refractivity contribution < 1.29 is 27.5 Å². The summed E-state index contributed by atoms with van der Waals surface area (Å²) in [6.07, 6.45) is 2.44. The molecule has 0 radical (unpaired) electrons. The van der Waals surface area contributed by atoms with Crippen LogP contribution in [0.25, 0.3) is 0 Å². The third kappa shape index (κ3) is 4.64. The maximum atomic E-state index is 13.0. The normalized spacial score (nSPS) is 21.9. The quantitative estimate of drug-likeness (QED) is 0.658. The molecule has 28 heavy (non-hydrogen) atoms. The minimum absolute atomic E-state index is 0.0258. The Bertz CT molecular complexity index is 848. The molecule has 154 valence electrons. The molecule has 1 aromatic rings. The van der Waals surface area contributed by atoms with Gasteiger partial charge >= 0.3 is 5.97 Å². The van der Waals surface area contributed by atoms with E-state index in [1.165, 1.54) is 16.4 Å². The summed E-state index contributed by atoms with van der Waals surface area (Å²) in [7, 11) is -3.71. The van der Waals surface area contributed by atoms with Crippen molar-refractivity contribution >= 4 is 27.6 Å². The maximum absolute atomic E-state index is 13.0. The second kappa shape index (κ2) is 8.48. The third-order valence-electron chi connectivity index (χ3n) is 4.97. The molecule has 2 aliphatic rings. The van der Waals surface area contributed by atoms with Gasteiger partial charge in [0.25, 0.3) is 5.91 Å². The summed E-state index contributed by atoms with van der Waals surface area (Å²) >= 11 is 0. The lowest BCUT2D eigenvalue weighted by atomic mass is 10.3. The first-order chi connectivity index (χ1) is 13.3. The molecule has 2 fully saturated rings. The predicted octanol–water partition coefficient (Wildman–Crippen LogP) is 2.01. The predicted molar refractivity (Wildman–Crippen MR) is 102 cm³/mol. The molecular formula is C19H26N2O6S. The van der Waals surface area contributed by atoms with Crippen LogP contribution in [0.3, 0.4) is 0 Å². The number of carbonyl (C=O) groups is 2. The number of hydrogen-bond acceptors (Lipinski definition) is 6. The third-order valence-corrected chi connectivity index (χ3v) is 6.89. The highest BCUT2D eigenvalue weighted by molar-refractivity contribution is 7.89. The highest BCUT2D eigenvalue weighted by Crippen LogP contribution is 2.38. The Labute approximate surface area is 165 Å². The van der Waals surface area contributed by atoms with Crippen molar-refractivity contribution in [1.82, 2.24) is 4.31 Å². The molecule has 1 saturated heterocycles. The summed E-state index contributed by atoms with van der Waals surface area (Å²) in [6, 6.07) is 4.48.